The number of rotatable bonds is 0. The van der Waals surface area contributed by atoms with Crippen LogP contribution in [0.2, 0.25) is 0 Å². The minimum atomic E-state index is 0. The minimum Gasteiger partial charge on any atom is -1.00 e. The number of halogens is 1. The lowest BCUT2D eigenvalue weighted by Crippen LogP contribution is -3.00. The predicted molar refractivity (Wildman–Crippen MR) is 47.4 cm³/mol. The number of nitrogens with zero attached hydrogens (tertiary/aromatic N) is 3. The molecule has 2 rings (SSSR count). The maximum atomic E-state index is 4.32. The quantitative estimate of drug-likeness (QED) is 0.540. The SMILES string of the molecule is Cc1cc(C)n(C2=NCCN2)n1.[Br-]. The van der Waals surface area contributed by atoms with Gasteiger partial charge in [0.25, 0.3) is 0 Å². The molecule has 1 aromatic rings. The van der Waals surface area contributed by atoms with Crippen LogP contribution >= 0.6 is 0 Å². The Morgan fingerprint density at radius 2 is 2.23 bits per heavy atom. The number of nitrogens with one attached hydrogen (secondary N) is 1. The Hall–Kier alpha value is -0.840. The van der Waals surface area contributed by atoms with E-state index in [1.54, 1.807) is 0 Å². The van der Waals surface area contributed by atoms with Crippen molar-refractivity contribution in [1.82, 2.24) is 15.1 Å². The largest absolute Gasteiger partial charge is 1.00 e. The normalized spacial score (nSPS) is 14.8. The summed E-state index contributed by atoms with van der Waals surface area (Å²) in [5.41, 5.74) is 2.16. The molecule has 1 aliphatic rings. The van der Waals surface area contributed by atoms with Crippen molar-refractivity contribution >= 4 is 5.96 Å². The van der Waals surface area contributed by atoms with Crippen LogP contribution in [-0.4, -0.2) is 28.8 Å². The Balaban J connectivity index is 0.000000845. The summed E-state index contributed by atoms with van der Waals surface area (Å²) in [7, 11) is 0. The van der Waals surface area contributed by atoms with Crippen LogP contribution in [0.4, 0.5) is 0 Å². The van der Waals surface area contributed by atoms with Gasteiger partial charge >= 0.3 is 0 Å². The average Bonchev–Trinajstić information content (AvgIpc) is 2.58. The zero-order valence-corrected chi connectivity index (χ0v) is 9.30. The van der Waals surface area contributed by atoms with Crippen molar-refractivity contribution in [1.29, 1.82) is 0 Å². The van der Waals surface area contributed by atoms with E-state index in [4.69, 9.17) is 0 Å². The fourth-order valence-electron chi connectivity index (χ4n) is 1.37. The van der Waals surface area contributed by atoms with Gasteiger partial charge in [-0.25, -0.2) is 9.67 Å². The molecule has 0 bridgehead atoms. The molecule has 1 aromatic heterocycles. The van der Waals surface area contributed by atoms with Gasteiger partial charge in [-0.2, -0.15) is 5.10 Å². The van der Waals surface area contributed by atoms with E-state index in [0.717, 1.165) is 30.4 Å². The first kappa shape index (κ1) is 10.2. The molecular formula is C8H12BrN4-. The first-order valence-corrected chi connectivity index (χ1v) is 4.09. The van der Waals surface area contributed by atoms with Crippen molar-refractivity contribution in [3.63, 3.8) is 0 Å². The van der Waals surface area contributed by atoms with Crippen LogP contribution in [0.5, 0.6) is 0 Å². The van der Waals surface area contributed by atoms with Crippen molar-refractivity contribution in [3.8, 4) is 0 Å². The standard InChI is InChI=1S/C8H12N4.BrH/c1-6-5-7(2)12(11-6)8-9-3-4-10-8;/h5H,3-4H2,1-2H3,(H,9,10);1H/p-1. The summed E-state index contributed by atoms with van der Waals surface area (Å²) in [6.45, 7) is 5.79. The monoisotopic (exact) mass is 243 g/mol. The molecule has 0 atom stereocenters. The number of aliphatic imine (C=N–C) groups is 1. The van der Waals surface area contributed by atoms with Gasteiger partial charge in [0.1, 0.15) is 0 Å². The van der Waals surface area contributed by atoms with Gasteiger partial charge in [0.05, 0.1) is 12.2 Å². The van der Waals surface area contributed by atoms with Gasteiger partial charge in [0, 0.05) is 12.2 Å². The molecule has 0 spiro atoms. The third-order valence-electron chi connectivity index (χ3n) is 1.87. The summed E-state index contributed by atoms with van der Waals surface area (Å²) in [6, 6.07) is 2.04. The molecule has 1 aliphatic heterocycles. The molecule has 0 aliphatic carbocycles. The molecule has 0 unspecified atom stereocenters. The highest BCUT2D eigenvalue weighted by molar-refractivity contribution is 5.83. The van der Waals surface area contributed by atoms with Crippen LogP contribution in [0.15, 0.2) is 11.1 Å². The molecule has 0 amide bonds. The Labute approximate surface area is 87.8 Å². The molecule has 13 heavy (non-hydrogen) atoms. The van der Waals surface area contributed by atoms with Crippen molar-refractivity contribution in [2.75, 3.05) is 13.1 Å². The van der Waals surface area contributed by atoms with Crippen LogP contribution in [0, 0.1) is 13.8 Å². The molecule has 4 nitrogen and oxygen atoms in total. The molecule has 0 radical (unpaired) electrons. The second kappa shape index (κ2) is 3.91. The molecular weight excluding hydrogens is 232 g/mol. The Morgan fingerprint density at radius 1 is 1.46 bits per heavy atom. The lowest BCUT2D eigenvalue weighted by Gasteiger charge is -2.02. The van der Waals surface area contributed by atoms with Gasteiger partial charge in [0.2, 0.25) is 5.96 Å². The number of hydrogen-bond acceptors (Lipinski definition) is 3. The molecule has 72 valence electrons. The van der Waals surface area contributed by atoms with E-state index in [1.165, 1.54) is 0 Å². The van der Waals surface area contributed by atoms with Gasteiger partial charge < -0.3 is 22.3 Å². The van der Waals surface area contributed by atoms with Crippen molar-refractivity contribution in [3.05, 3.63) is 17.5 Å². The van der Waals surface area contributed by atoms with E-state index in [0.29, 0.717) is 0 Å². The molecule has 0 saturated carbocycles. The second-order valence-electron chi connectivity index (χ2n) is 2.97. The highest BCUT2D eigenvalue weighted by atomic mass is 79.9. The fourth-order valence-corrected chi connectivity index (χ4v) is 1.37. The van der Waals surface area contributed by atoms with E-state index in [-0.39, 0.29) is 17.0 Å². The van der Waals surface area contributed by atoms with Crippen molar-refractivity contribution < 1.29 is 17.0 Å². The molecule has 0 fully saturated rings. The molecule has 0 aromatic carbocycles. The zero-order valence-electron chi connectivity index (χ0n) is 7.71. The first-order chi connectivity index (χ1) is 5.77. The lowest BCUT2D eigenvalue weighted by atomic mass is 10.4. The third-order valence-corrected chi connectivity index (χ3v) is 1.87. The van der Waals surface area contributed by atoms with Gasteiger partial charge in [-0.15, -0.1) is 0 Å². The highest BCUT2D eigenvalue weighted by Crippen LogP contribution is 2.02. The van der Waals surface area contributed by atoms with E-state index in [1.807, 2.05) is 24.6 Å². The van der Waals surface area contributed by atoms with Gasteiger partial charge in [-0.3, -0.25) is 0 Å². The van der Waals surface area contributed by atoms with Crippen LogP contribution in [0.3, 0.4) is 0 Å². The number of aryl methyl sites for hydroxylation is 2. The smallest absolute Gasteiger partial charge is 0.219 e. The summed E-state index contributed by atoms with van der Waals surface area (Å²) in [6.07, 6.45) is 0. The van der Waals surface area contributed by atoms with E-state index in [2.05, 4.69) is 15.4 Å². The van der Waals surface area contributed by atoms with Crippen molar-refractivity contribution in [2.24, 2.45) is 4.99 Å². The van der Waals surface area contributed by atoms with E-state index >= 15 is 0 Å². The van der Waals surface area contributed by atoms with Crippen LogP contribution in [0.1, 0.15) is 11.4 Å². The Kier molecular flexibility index (Phi) is 3.08. The maximum absolute atomic E-state index is 4.32. The first-order valence-electron chi connectivity index (χ1n) is 4.09. The fraction of sp³-hybridized carbons (Fsp3) is 0.500. The van der Waals surface area contributed by atoms with Crippen LogP contribution < -0.4 is 22.3 Å². The summed E-state index contributed by atoms with van der Waals surface area (Å²) in [5, 5.41) is 7.49. The number of hydrogen-bond donors (Lipinski definition) is 1. The van der Waals surface area contributed by atoms with Gasteiger partial charge in [-0.05, 0) is 19.9 Å². The predicted octanol–water partition coefficient (Wildman–Crippen LogP) is -2.69. The molecule has 5 heteroatoms. The van der Waals surface area contributed by atoms with Crippen molar-refractivity contribution in [2.45, 2.75) is 13.8 Å². The van der Waals surface area contributed by atoms with Crippen LogP contribution in [0.25, 0.3) is 0 Å². The van der Waals surface area contributed by atoms with E-state index < -0.39 is 0 Å². The maximum Gasteiger partial charge on any atom is 0.219 e. The molecule has 2 heterocycles. The topological polar surface area (TPSA) is 42.2 Å². The molecule has 0 saturated heterocycles. The van der Waals surface area contributed by atoms with Gasteiger partial charge in [0.15, 0.2) is 0 Å². The summed E-state index contributed by atoms with van der Waals surface area (Å²) >= 11 is 0. The summed E-state index contributed by atoms with van der Waals surface area (Å²) in [4.78, 5) is 4.29. The lowest BCUT2D eigenvalue weighted by molar-refractivity contribution is -0.00000284. The minimum absolute atomic E-state index is 0. The summed E-state index contributed by atoms with van der Waals surface area (Å²) < 4.78 is 1.85. The van der Waals surface area contributed by atoms with Gasteiger partial charge in [-0.1, -0.05) is 0 Å². The zero-order chi connectivity index (χ0) is 8.55. The number of aromatic nitrogens is 2. The Morgan fingerprint density at radius 3 is 2.69 bits per heavy atom. The average molecular weight is 244 g/mol. The van der Waals surface area contributed by atoms with E-state index in [9.17, 15) is 0 Å². The molecule has 1 N–H and O–H groups in total. The highest BCUT2D eigenvalue weighted by Gasteiger charge is 2.10. The van der Waals surface area contributed by atoms with Crippen LogP contribution in [-0.2, 0) is 0 Å². The Bertz CT molecular complexity index is 329. The third kappa shape index (κ3) is 1.91. The summed E-state index contributed by atoms with van der Waals surface area (Å²) in [5.74, 6) is 0.876. The second-order valence-corrected chi connectivity index (χ2v) is 2.97.